The second kappa shape index (κ2) is 11.0. The van der Waals surface area contributed by atoms with Crippen LogP contribution in [-0.2, 0) is 0 Å². The van der Waals surface area contributed by atoms with E-state index in [1.54, 1.807) is 0 Å². The minimum absolute atomic E-state index is 0.173. The van der Waals surface area contributed by atoms with Gasteiger partial charge in [0.2, 0.25) is 0 Å². The average Bonchev–Trinajstić information content (AvgIpc) is 1.91. The molecule has 0 radical (unpaired) electrons. The largest absolute Gasteiger partial charge is 0.181 e. The summed E-state index contributed by atoms with van der Waals surface area (Å²) >= 11 is 15.6. The number of hydrogen-bond donors (Lipinski definition) is 0. The third-order valence-corrected chi connectivity index (χ3v) is 1.60. The van der Waals surface area contributed by atoms with Crippen molar-refractivity contribution in [1.29, 1.82) is 0 Å². The second-order valence-electron chi connectivity index (χ2n) is 1.16. The molecule has 0 saturated carbocycles. The zero-order valence-corrected chi connectivity index (χ0v) is 9.39. The van der Waals surface area contributed by atoms with Crippen LogP contribution in [0.4, 0.5) is 0 Å². The summed E-state index contributed by atoms with van der Waals surface area (Å²) in [5.41, 5.74) is 0. The summed E-state index contributed by atoms with van der Waals surface area (Å²) in [4.78, 5) is 0. The predicted molar refractivity (Wildman–Crippen MR) is 46.4 cm³/mol. The van der Waals surface area contributed by atoms with Crippen molar-refractivity contribution >= 4 is 43.8 Å². The standard InChI is InChI=1S/C4H8Cl2.ClH3Si/c1-2-4(6)3-5;1-2/h4H,2-3H2,1H3;2H3. The lowest BCUT2D eigenvalue weighted by Gasteiger charge is -1.94. The average molecular weight is 194 g/mol. The molecule has 0 spiro atoms. The van der Waals surface area contributed by atoms with Gasteiger partial charge in [-0.3, -0.25) is 0 Å². The van der Waals surface area contributed by atoms with Crippen LogP contribution in [0.1, 0.15) is 13.3 Å². The summed E-state index contributed by atoms with van der Waals surface area (Å²) in [6.45, 7) is 2.01. The molecule has 0 aliphatic rings. The molecular formula is C4H11Cl3Si. The van der Waals surface area contributed by atoms with Gasteiger partial charge in [-0.1, -0.05) is 6.92 Å². The molecule has 4 heteroatoms. The van der Waals surface area contributed by atoms with Crippen molar-refractivity contribution in [3.8, 4) is 0 Å². The van der Waals surface area contributed by atoms with Gasteiger partial charge < -0.3 is 0 Å². The predicted octanol–water partition coefficient (Wildman–Crippen LogP) is 1.75. The van der Waals surface area contributed by atoms with Crippen molar-refractivity contribution in [3.05, 3.63) is 0 Å². The van der Waals surface area contributed by atoms with Gasteiger partial charge >= 0.3 is 0 Å². The van der Waals surface area contributed by atoms with E-state index in [4.69, 9.17) is 34.3 Å². The Labute approximate surface area is 68.6 Å². The maximum absolute atomic E-state index is 5.52. The van der Waals surface area contributed by atoms with E-state index in [1.807, 2.05) is 6.92 Å². The van der Waals surface area contributed by atoms with Gasteiger partial charge in [-0.15, -0.1) is 23.2 Å². The first-order chi connectivity index (χ1) is 3.81. The van der Waals surface area contributed by atoms with E-state index in [-0.39, 0.29) is 5.38 Å². The maximum Gasteiger partial charge on any atom is 0.109 e. The molecule has 0 rings (SSSR count). The first-order valence-corrected chi connectivity index (χ1v) is 6.38. The molecule has 0 aromatic heterocycles. The first-order valence-electron chi connectivity index (χ1n) is 2.39. The molecule has 1 atom stereocenters. The van der Waals surface area contributed by atoms with Crippen molar-refractivity contribution in [2.45, 2.75) is 18.7 Å². The number of alkyl halides is 2. The van der Waals surface area contributed by atoms with Crippen molar-refractivity contribution in [2.24, 2.45) is 0 Å². The summed E-state index contributed by atoms with van der Waals surface area (Å²) in [6.07, 6.45) is 0.963. The Bertz CT molecular complexity index is 30.5. The lowest BCUT2D eigenvalue weighted by molar-refractivity contribution is 0.902. The summed E-state index contributed by atoms with van der Waals surface area (Å²) in [6, 6.07) is 0. The molecule has 0 N–H and O–H groups in total. The van der Waals surface area contributed by atoms with E-state index in [0.717, 1.165) is 16.0 Å². The molecule has 0 aliphatic carbocycles. The fourth-order valence-corrected chi connectivity index (χ4v) is 0.327. The summed E-state index contributed by atoms with van der Waals surface area (Å²) < 4.78 is 0. The summed E-state index contributed by atoms with van der Waals surface area (Å²) in [5, 5.41) is 0.173. The van der Waals surface area contributed by atoms with Crippen LogP contribution in [0.3, 0.4) is 0 Å². The zero-order valence-electron chi connectivity index (χ0n) is 5.13. The molecule has 0 nitrogen and oxygen atoms in total. The van der Waals surface area contributed by atoms with Crippen LogP contribution < -0.4 is 0 Å². The monoisotopic (exact) mass is 192 g/mol. The molecule has 0 aromatic carbocycles. The third-order valence-electron chi connectivity index (χ3n) is 0.610. The Morgan fingerprint density at radius 2 is 1.88 bits per heavy atom. The topological polar surface area (TPSA) is 0 Å². The number of halogens is 3. The van der Waals surface area contributed by atoms with Crippen LogP contribution in [0, 0.1) is 0 Å². The fraction of sp³-hybridized carbons (Fsp3) is 1.00. The highest BCUT2D eigenvalue weighted by Crippen LogP contribution is 2.01. The van der Waals surface area contributed by atoms with Gasteiger partial charge in [-0.05, 0) is 6.42 Å². The fourth-order valence-electron chi connectivity index (χ4n) is 0.109. The molecule has 1 unspecified atom stereocenters. The molecule has 0 saturated heterocycles. The minimum atomic E-state index is 0.173. The van der Waals surface area contributed by atoms with E-state index in [2.05, 4.69) is 0 Å². The molecule has 0 aromatic rings. The molecule has 0 bridgehead atoms. The highest BCUT2D eigenvalue weighted by molar-refractivity contribution is 6.80. The maximum atomic E-state index is 5.52. The van der Waals surface area contributed by atoms with Crippen LogP contribution in [0.25, 0.3) is 0 Å². The van der Waals surface area contributed by atoms with Crippen LogP contribution in [0.15, 0.2) is 0 Å². The van der Waals surface area contributed by atoms with Gasteiger partial charge in [0.1, 0.15) is 9.55 Å². The van der Waals surface area contributed by atoms with Crippen molar-refractivity contribution in [2.75, 3.05) is 5.88 Å². The summed E-state index contributed by atoms with van der Waals surface area (Å²) in [5.74, 6) is 0.568. The van der Waals surface area contributed by atoms with E-state index in [0.29, 0.717) is 5.88 Å². The van der Waals surface area contributed by atoms with Crippen LogP contribution in [0.2, 0.25) is 0 Å². The van der Waals surface area contributed by atoms with Gasteiger partial charge in [-0.25, -0.2) is 0 Å². The normalized spacial score (nSPS) is 12.0. The Balaban J connectivity index is 0. The smallest absolute Gasteiger partial charge is 0.109 e. The second-order valence-corrected chi connectivity index (χ2v) is 2.09. The van der Waals surface area contributed by atoms with Crippen molar-refractivity contribution in [1.82, 2.24) is 0 Å². The molecule has 0 aliphatic heterocycles. The molecule has 0 heterocycles. The van der Waals surface area contributed by atoms with Gasteiger partial charge in [0.15, 0.2) is 0 Å². The summed E-state index contributed by atoms with van der Waals surface area (Å²) in [7, 11) is 0.778. The molecular weight excluding hydrogens is 182 g/mol. The van der Waals surface area contributed by atoms with Crippen LogP contribution in [0.5, 0.6) is 0 Å². The highest BCUT2D eigenvalue weighted by Gasteiger charge is 1.93. The SMILES string of the molecule is CCC(Cl)CCl.[SiH3]Cl. The van der Waals surface area contributed by atoms with E-state index >= 15 is 0 Å². The quantitative estimate of drug-likeness (QED) is 0.356. The van der Waals surface area contributed by atoms with Gasteiger partial charge in [0.25, 0.3) is 0 Å². The Hall–Kier alpha value is 1.09. The molecule has 0 fully saturated rings. The first kappa shape index (κ1) is 11.8. The molecule has 8 heavy (non-hydrogen) atoms. The van der Waals surface area contributed by atoms with Crippen LogP contribution >= 0.6 is 34.3 Å². The Morgan fingerprint density at radius 3 is 1.88 bits per heavy atom. The van der Waals surface area contributed by atoms with E-state index in [1.165, 1.54) is 0 Å². The van der Waals surface area contributed by atoms with Crippen LogP contribution in [-0.4, -0.2) is 20.8 Å². The van der Waals surface area contributed by atoms with E-state index in [9.17, 15) is 0 Å². The van der Waals surface area contributed by atoms with Gasteiger partial charge in [-0.2, -0.15) is 11.1 Å². The number of hydrogen-bond acceptors (Lipinski definition) is 0. The lowest BCUT2D eigenvalue weighted by atomic mass is 10.4. The van der Waals surface area contributed by atoms with Crippen molar-refractivity contribution in [3.63, 3.8) is 0 Å². The third kappa shape index (κ3) is 10.1. The lowest BCUT2D eigenvalue weighted by Crippen LogP contribution is -1.94. The van der Waals surface area contributed by atoms with Crippen molar-refractivity contribution < 1.29 is 0 Å². The van der Waals surface area contributed by atoms with Gasteiger partial charge in [0, 0.05) is 11.3 Å². The molecule has 0 amide bonds. The highest BCUT2D eigenvalue weighted by atomic mass is 35.6. The Morgan fingerprint density at radius 1 is 1.50 bits per heavy atom. The van der Waals surface area contributed by atoms with Gasteiger partial charge in [0.05, 0.1) is 0 Å². The molecule has 52 valence electrons. The Kier molecular flexibility index (Phi) is 16.2. The van der Waals surface area contributed by atoms with E-state index < -0.39 is 0 Å². The number of rotatable bonds is 2. The zero-order chi connectivity index (χ0) is 6.99. The minimum Gasteiger partial charge on any atom is -0.181 e.